The second-order valence-corrected chi connectivity index (χ2v) is 5.58. The van der Waals surface area contributed by atoms with Crippen molar-refractivity contribution >= 4 is 21.7 Å². The molecule has 1 fully saturated rings. The number of piperazine rings is 1. The molecule has 2 N–H and O–H groups in total. The highest BCUT2D eigenvalue weighted by Crippen LogP contribution is 2.25. The molecule has 0 aliphatic carbocycles. The lowest BCUT2D eigenvalue weighted by atomic mass is 10.3. The Bertz CT molecular complexity index is 582. The number of pyridine rings is 1. The van der Waals surface area contributed by atoms with E-state index in [-0.39, 0.29) is 24.6 Å². The first kappa shape index (κ1) is 13.6. The summed E-state index contributed by atoms with van der Waals surface area (Å²) in [6.45, 7) is 1.00. The molecular weight excluding hydrogens is 274 g/mol. The van der Waals surface area contributed by atoms with Gasteiger partial charge in [-0.1, -0.05) is 0 Å². The molecule has 0 aromatic carbocycles. The monoisotopic (exact) mass is 287 g/mol. The Morgan fingerprint density at radius 3 is 2.47 bits per heavy atom. The Hall–Kier alpha value is -1.78. The van der Waals surface area contributed by atoms with Gasteiger partial charge >= 0.3 is 5.69 Å². The molecule has 1 aliphatic heterocycles. The van der Waals surface area contributed by atoms with Crippen LogP contribution in [0.5, 0.6) is 0 Å². The van der Waals surface area contributed by atoms with Gasteiger partial charge in [-0.3, -0.25) is 10.1 Å². The van der Waals surface area contributed by atoms with Gasteiger partial charge < -0.3 is 4.90 Å². The molecule has 0 atom stereocenters. The zero-order valence-electron chi connectivity index (χ0n) is 9.97. The van der Waals surface area contributed by atoms with Crippen molar-refractivity contribution in [2.45, 2.75) is 0 Å². The van der Waals surface area contributed by atoms with E-state index in [1.165, 1.54) is 18.3 Å². The number of nitrogens with two attached hydrogens (primary N) is 1. The molecule has 0 radical (unpaired) electrons. The van der Waals surface area contributed by atoms with E-state index in [9.17, 15) is 18.5 Å². The molecule has 0 bridgehead atoms. The van der Waals surface area contributed by atoms with Crippen LogP contribution < -0.4 is 10.0 Å². The van der Waals surface area contributed by atoms with Crippen LogP contribution in [0.25, 0.3) is 0 Å². The fraction of sp³-hybridized carbons (Fsp3) is 0.444. The average Bonchev–Trinajstić information content (AvgIpc) is 2.38. The van der Waals surface area contributed by atoms with E-state index in [0.29, 0.717) is 13.1 Å². The third-order valence-corrected chi connectivity index (χ3v) is 3.95. The summed E-state index contributed by atoms with van der Waals surface area (Å²) in [5, 5.41) is 15.9. The SMILES string of the molecule is NS(=O)(=O)N1CCN(c2ncccc2[N+](=O)[O-])CC1. The minimum absolute atomic E-state index is 0.0912. The quantitative estimate of drug-likeness (QED) is 0.580. The lowest BCUT2D eigenvalue weighted by molar-refractivity contribution is -0.384. The lowest BCUT2D eigenvalue weighted by Gasteiger charge is -2.33. The zero-order valence-corrected chi connectivity index (χ0v) is 10.8. The van der Waals surface area contributed by atoms with Crippen molar-refractivity contribution < 1.29 is 13.3 Å². The molecular formula is C9H13N5O4S. The van der Waals surface area contributed by atoms with Crippen LogP contribution in [0.15, 0.2) is 18.3 Å². The van der Waals surface area contributed by atoms with E-state index >= 15 is 0 Å². The Kier molecular flexibility index (Phi) is 3.64. The minimum atomic E-state index is -3.71. The highest BCUT2D eigenvalue weighted by molar-refractivity contribution is 7.86. The molecule has 2 rings (SSSR count). The van der Waals surface area contributed by atoms with Crippen LogP contribution in [0, 0.1) is 10.1 Å². The van der Waals surface area contributed by atoms with Crippen molar-refractivity contribution in [1.82, 2.24) is 9.29 Å². The Morgan fingerprint density at radius 2 is 1.95 bits per heavy atom. The molecule has 104 valence electrons. The molecule has 1 aromatic heterocycles. The smallest absolute Gasteiger partial charge is 0.311 e. The summed E-state index contributed by atoms with van der Waals surface area (Å²) < 4.78 is 23.5. The van der Waals surface area contributed by atoms with Crippen LogP contribution in [0.4, 0.5) is 11.5 Å². The van der Waals surface area contributed by atoms with Gasteiger partial charge in [0, 0.05) is 38.4 Å². The van der Waals surface area contributed by atoms with E-state index in [1.807, 2.05) is 0 Å². The first-order chi connectivity index (χ1) is 8.89. The number of rotatable bonds is 3. The third-order valence-electron chi connectivity index (χ3n) is 2.86. The normalized spacial score (nSPS) is 17.4. The highest BCUT2D eigenvalue weighted by atomic mass is 32.2. The third kappa shape index (κ3) is 2.97. The number of nitro groups is 1. The molecule has 1 aliphatic rings. The lowest BCUT2D eigenvalue weighted by Crippen LogP contribution is -2.51. The number of aromatic nitrogens is 1. The van der Waals surface area contributed by atoms with Crippen molar-refractivity contribution in [2.75, 3.05) is 31.1 Å². The Morgan fingerprint density at radius 1 is 1.32 bits per heavy atom. The van der Waals surface area contributed by atoms with Gasteiger partial charge in [-0.25, -0.2) is 10.1 Å². The van der Waals surface area contributed by atoms with Gasteiger partial charge in [0.25, 0.3) is 10.2 Å². The van der Waals surface area contributed by atoms with Gasteiger partial charge in [-0.05, 0) is 6.07 Å². The summed E-state index contributed by atoms with van der Waals surface area (Å²) in [6.07, 6.45) is 1.47. The maximum atomic E-state index is 11.2. The number of hydrogen-bond acceptors (Lipinski definition) is 6. The molecule has 2 heterocycles. The van der Waals surface area contributed by atoms with E-state index in [1.54, 1.807) is 4.90 Å². The average molecular weight is 287 g/mol. The first-order valence-corrected chi connectivity index (χ1v) is 7.02. The van der Waals surface area contributed by atoms with Crippen LogP contribution >= 0.6 is 0 Å². The largest absolute Gasteiger partial charge is 0.348 e. The maximum Gasteiger partial charge on any atom is 0.311 e. The van der Waals surface area contributed by atoms with Gasteiger partial charge in [0.1, 0.15) is 0 Å². The summed E-state index contributed by atoms with van der Waals surface area (Å²) in [7, 11) is -3.71. The molecule has 0 saturated carbocycles. The summed E-state index contributed by atoms with van der Waals surface area (Å²) >= 11 is 0. The predicted molar refractivity (Wildman–Crippen MR) is 67.8 cm³/mol. The van der Waals surface area contributed by atoms with Crippen molar-refractivity contribution in [3.63, 3.8) is 0 Å². The minimum Gasteiger partial charge on any atom is -0.348 e. The molecule has 0 unspecified atom stereocenters. The Balaban J connectivity index is 2.16. The summed E-state index contributed by atoms with van der Waals surface area (Å²) in [6, 6.07) is 2.86. The second-order valence-electron chi connectivity index (χ2n) is 4.03. The topological polar surface area (TPSA) is 123 Å². The standard InChI is InChI=1S/C9H13N5O4S/c10-19(17,18)13-6-4-12(5-7-13)9-8(14(15)16)2-1-3-11-9/h1-3H,4-7H2,(H2,10,17,18). The van der Waals surface area contributed by atoms with Gasteiger partial charge in [-0.2, -0.15) is 12.7 Å². The number of anilines is 1. The maximum absolute atomic E-state index is 11.2. The number of nitrogens with zero attached hydrogens (tertiary/aromatic N) is 4. The molecule has 1 aromatic rings. The van der Waals surface area contributed by atoms with Crippen LogP contribution in [-0.2, 0) is 10.2 Å². The van der Waals surface area contributed by atoms with Crippen molar-refractivity contribution in [2.24, 2.45) is 5.14 Å². The van der Waals surface area contributed by atoms with Gasteiger partial charge in [-0.15, -0.1) is 0 Å². The van der Waals surface area contributed by atoms with E-state index < -0.39 is 15.1 Å². The van der Waals surface area contributed by atoms with Gasteiger partial charge in [0.05, 0.1) is 4.92 Å². The molecule has 19 heavy (non-hydrogen) atoms. The summed E-state index contributed by atoms with van der Waals surface area (Å²) in [5.41, 5.74) is -0.0912. The van der Waals surface area contributed by atoms with Crippen LogP contribution in [0.2, 0.25) is 0 Å². The highest BCUT2D eigenvalue weighted by Gasteiger charge is 2.28. The van der Waals surface area contributed by atoms with E-state index in [0.717, 1.165) is 4.31 Å². The number of hydrogen-bond donors (Lipinski definition) is 1. The van der Waals surface area contributed by atoms with Crippen LogP contribution in [0.1, 0.15) is 0 Å². The van der Waals surface area contributed by atoms with Crippen molar-refractivity contribution in [3.8, 4) is 0 Å². The van der Waals surface area contributed by atoms with Crippen molar-refractivity contribution in [1.29, 1.82) is 0 Å². The van der Waals surface area contributed by atoms with Crippen LogP contribution in [0.3, 0.4) is 0 Å². The van der Waals surface area contributed by atoms with Gasteiger partial charge in [0.2, 0.25) is 5.82 Å². The fourth-order valence-electron chi connectivity index (χ4n) is 1.93. The summed E-state index contributed by atoms with van der Waals surface area (Å²) in [5.74, 6) is 0.251. The zero-order chi connectivity index (χ0) is 14.0. The molecule has 9 nitrogen and oxygen atoms in total. The van der Waals surface area contributed by atoms with Crippen molar-refractivity contribution in [3.05, 3.63) is 28.4 Å². The fourth-order valence-corrected chi connectivity index (χ4v) is 2.60. The first-order valence-electron chi connectivity index (χ1n) is 5.52. The molecule has 1 saturated heterocycles. The van der Waals surface area contributed by atoms with E-state index in [4.69, 9.17) is 5.14 Å². The predicted octanol–water partition coefficient (Wildman–Crippen LogP) is -0.685. The Labute approximate surface area is 110 Å². The van der Waals surface area contributed by atoms with E-state index in [2.05, 4.69) is 4.98 Å². The van der Waals surface area contributed by atoms with Crippen LogP contribution in [-0.4, -0.2) is 48.8 Å². The summed E-state index contributed by atoms with van der Waals surface area (Å²) in [4.78, 5) is 16.1. The molecule has 0 spiro atoms. The second kappa shape index (κ2) is 5.07. The molecule has 10 heteroatoms. The van der Waals surface area contributed by atoms with Gasteiger partial charge in [0.15, 0.2) is 0 Å². The molecule has 0 amide bonds.